The van der Waals surface area contributed by atoms with Gasteiger partial charge in [0.15, 0.2) is 0 Å². The quantitative estimate of drug-likeness (QED) is 0.844. The first-order valence-corrected chi connectivity index (χ1v) is 6.55. The number of rotatable bonds is 2. The molecule has 1 aliphatic rings. The molecule has 0 unspecified atom stereocenters. The molecule has 6 nitrogen and oxygen atoms in total. The normalized spacial score (nSPS) is 17.8. The number of carboxylic acids is 1. The highest BCUT2D eigenvalue weighted by molar-refractivity contribution is 5.93. The number of piperidine rings is 1. The average molecular weight is 267 g/mol. The van der Waals surface area contributed by atoms with Crippen LogP contribution in [0.15, 0.2) is 6.20 Å². The number of hydrogen-bond acceptors (Lipinski definition) is 4. The Morgan fingerprint density at radius 1 is 1.37 bits per heavy atom. The molecular formula is C13H21N3O3. The number of hydrogen-bond donors (Lipinski definition) is 2. The molecule has 1 fully saturated rings. The first-order chi connectivity index (χ1) is 8.80. The number of carbonyl (C=O) groups is 1. The molecule has 2 N–H and O–H groups in total. The highest BCUT2D eigenvalue weighted by Gasteiger charge is 2.29. The Morgan fingerprint density at radius 2 is 1.95 bits per heavy atom. The first kappa shape index (κ1) is 13.9. The molecule has 0 spiro atoms. The number of aromatic nitrogens is 2. The summed E-state index contributed by atoms with van der Waals surface area (Å²) in [7, 11) is 0. The molecule has 0 radical (unpaired) electrons. The van der Waals surface area contributed by atoms with Gasteiger partial charge in [-0.3, -0.25) is 0 Å². The lowest BCUT2D eigenvalue weighted by Gasteiger charge is -2.34. The summed E-state index contributed by atoms with van der Waals surface area (Å²) < 4.78 is 1.76. The van der Waals surface area contributed by atoms with Gasteiger partial charge in [0.05, 0.1) is 17.8 Å². The van der Waals surface area contributed by atoms with E-state index in [1.807, 2.05) is 25.7 Å². The molecule has 2 rings (SSSR count). The molecule has 19 heavy (non-hydrogen) atoms. The van der Waals surface area contributed by atoms with Crippen LogP contribution in [0.1, 0.15) is 44.0 Å². The van der Waals surface area contributed by atoms with Gasteiger partial charge in [-0.2, -0.15) is 5.10 Å². The van der Waals surface area contributed by atoms with Crippen molar-refractivity contribution in [2.45, 2.75) is 45.3 Å². The molecule has 1 aliphatic heterocycles. The van der Waals surface area contributed by atoms with E-state index in [2.05, 4.69) is 5.10 Å². The lowest BCUT2D eigenvalue weighted by molar-refractivity contribution is 0.0697. The van der Waals surface area contributed by atoms with Crippen LogP contribution in [0, 0.1) is 0 Å². The van der Waals surface area contributed by atoms with E-state index in [1.165, 1.54) is 6.20 Å². The maximum absolute atomic E-state index is 11.3. The Bertz CT molecular complexity index is 468. The van der Waals surface area contributed by atoms with E-state index in [0.29, 0.717) is 31.7 Å². The topological polar surface area (TPSA) is 78.6 Å². The van der Waals surface area contributed by atoms with Crippen molar-refractivity contribution in [3.8, 4) is 0 Å². The molecule has 0 saturated carbocycles. The third kappa shape index (κ3) is 2.73. The minimum Gasteiger partial charge on any atom is -0.477 e. The van der Waals surface area contributed by atoms with Gasteiger partial charge in [0, 0.05) is 13.1 Å². The Balaban J connectivity index is 2.41. The fraction of sp³-hybridized carbons (Fsp3) is 0.692. The summed E-state index contributed by atoms with van der Waals surface area (Å²) >= 11 is 0. The zero-order chi connectivity index (χ0) is 14.2. The molecule has 2 heterocycles. The van der Waals surface area contributed by atoms with E-state index in [9.17, 15) is 15.0 Å². The summed E-state index contributed by atoms with van der Waals surface area (Å²) in [6, 6.07) is 0. The minimum absolute atomic E-state index is 0.228. The smallest absolute Gasteiger partial charge is 0.341 e. The average Bonchev–Trinajstić information content (AvgIpc) is 2.74. The van der Waals surface area contributed by atoms with Crippen LogP contribution in [0.2, 0.25) is 0 Å². The predicted octanol–water partition coefficient (Wildman–Crippen LogP) is 1.30. The fourth-order valence-electron chi connectivity index (χ4n) is 2.37. The van der Waals surface area contributed by atoms with Crippen molar-refractivity contribution in [1.29, 1.82) is 0 Å². The van der Waals surface area contributed by atoms with Crippen LogP contribution in [-0.4, -0.2) is 45.2 Å². The minimum atomic E-state index is -0.961. The number of anilines is 1. The number of aromatic carboxylic acids is 1. The third-order valence-corrected chi connectivity index (χ3v) is 3.37. The monoisotopic (exact) mass is 267 g/mol. The third-order valence-electron chi connectivity index (χ3n) is 3.37. The molecule has 6 heteroatoms. The van der Waals surface area contributed by atoms with E-state index in [1.54, 1.807) is 4.68 Å². The predicted molar refractivity (Wildman–Crippen MR) is 71.6 cm³/mol. The van der Waals surface area contributed by atoms with Crippen molar-refractivity contribution in [2.24, 2.45) is 0 Å². The van der Waals surface area contributed by atoms with Crippen LogP contribution in [0.3, 0.4) is 0 Å². The lowest BCUT2D eigenvalue weighted by Crippen LogP contribution is -2.39. The number of aliphatic hydroxyl groups excluding tert-OH is 1. The van der Waals surface area contributed by atoms with Crippen molar-refractivity contribution in [1.82, 2.24) is 9.78 Å². The van der Waals surface area contributed by atoms with Crippen molar-refractivity contribution in [3.63, 3.8) is 0 Å². The summed E-state index contributed by atoms with van der Waals surface area (Å²) in [5.74, 6) is -0.316. The second-order valence-electron chi connectivity index (χ2n) is 5.99. The van der Waals surface area contributed by atoms with Crippen LogP contribution in [0.4, 0.5) is 5.82 Å². The molecule has 0 amide bonds. The van der Waals surface area contributed by atoms with Gasteiger partial charge in [-0.05, 0) is 33.6 Å². The van der Waals surface area contributed by atoms with Crippen molar-refractivity contribution >= 4 is 11.8 Å². The zero-order valence-electron chi connectivity index (χ0n) is 11.6. The summed E-state index contributed by atoms with van der Waals surface area (Å²) in [6.07, 6.45) is 2.45. The Labute approximate surface area is 112 Å². The molecule has 106 valence electrons. The van der Waals surface area contributed by atoms with Gasteiger partial charge < -0.3 is 15.1 Å². The zero-order valence-corrected chi connectivity index (χ0v) is 11.6. The number of aliphatic hydroxyl groups is 1. The Morgan fingerprint density at radius 3 is 2.42 bits per heavy atom. The van der Waals surface area contributed by atoms with Crippen LogP contribution >= 0.6 is 0 Å². The maximum atomic E-state index is 11.3. The van der Waals surface area contributed by atoms with Gasteiger partial charge in [-0.15, -0.1) is 0 Å². The van der Waals surface area contributed by atoms with Crippen molar-refractivity contribution < 1.29 is 15.0 Å². The molecule has 1 saturated heterocycles. The van der Waals surface area contributed by atoms with E-state index in [-0.39, 0.29) is 17.2 Å². The highest BCUT2D eigenvalue weighted by atomic mass is 16.4. The summed E-state index contributed by atoms with van der Waals surface area (Å²) in [4.78, 5) is 13.3. The van der Waals surface area contributed by atoms with E-state index in [0.717, 1.165) is 0 Å². The van der Waals surface area contributed by atoms with Crippen LogP contribution < -0.4 is 4.90 Å². The summed E-state index contributed by atoms with van der Waals surface area (Å²) in [5, 5.41) is 23.1. The van der Waals surface area contributed by atoms with Crippen LogP contribution in [0.5, 0.6) is 0 Å². The SMILES string of the molecule is CC(C)(C)n1ncc(C(=O)O)c1N1CCC(O)CC1. The molecule has 0 bridgehead atoms. The second-order valence-corrected chi connectivity index (χ2v) is 5.99. The Kier molecular flexibility index (Phi) is 3.54. The van der Waals surface area contributed by atoms with Gasteiger partial charge in [-0.1, -0.05) is 0 Å². The molecule has 0 aliphatic carbocycles. The maximum Gasteiger partial charge on any atom is 0.341 e. The summed E-state index contributed by atoms with van der Waals surface area (Å²) in [6.45, 7) is 7.29. The molecular weight excluding hydrogens is 246 g/mol. The molecule has 1 aromatic rings. The van der Waals surface area contributed by atoms with E-state index >= 15 is 0 Å². The molecule has 1 aromatic heterocycles. The molecule has 0 aromatic carbocycles. The Hall–Kier alpha value is -1.56. The number of nitrogens with zero attached hydrogens (tertiary/aromatic N) is 3. The van der Waals surface area contributed by atoms with Gasteiger partial charge in [0.1, 0.15) is 11.4 Å². The van der Waals surface area contributed by atoms with E-state index < -0.39 is 5.97 Å². The van der Waals surface area contributed by atoms with Gasteiger partial charge >= 0.3 is 5.97 Å². The van der Waals surface area contributed by atoms with Crippen LogP contribution in [0.25, 0.3) is 0 Å². The van der Waals surface area contributed by atoms with Crippen LogP contribution in [-0.2, 0) is 5.54 Å². The van der Waals surface area contributed by atoms with Gasteiger partial charge in [0.2, 0.25) is 0 Å². The van der Waals surface area contributed by atoms with E-state index in [4.69, 9.17) is 0 Å². The van der Waals surface area contributed by atoms with Gasteiger partial charge in [-0.25, -0.2) is 9.48 Å². The largest absolute Gasteiger partial charge is 0.477 e. The standard InChI is InChI=1S/C13H21N3O3/c1-13(2,3)16-11(10(8-14-16)12(18)19)15-6-4-9(17)5-7-15/h8-9,17H,4-7H2,1-3H3,(H,18,19). The van der Waals surface area contributed by atoms with Gasteiger partial charge in [0.25, 0.3) is 0 Å². The van der Waals surface area contributed by atoms with Crippen molar-refractivity contribution in [3.05, 3.63) is 11.8 Å². The fourth-order valence-corrected chi connectivity index (χ4v) is 2.37. The lowest BCUT2D eigenvalue weighted by atomic mass is 10.1. The first-order valence-electron chi connectivity index (χ1n) is 6.55. The second kappa shape index (κ2) is 4.85. The number of carboxylic acid groups (broad SMARTS) is 1. The molecule has 0 atom stereocenters. The highest BCUT2D eigenvalue weighted by Crippen LogP contribution is 2.29. The van der Waals surface area contributed by atoms with Crippen molar-refractivity contribution in [2.75, 3.05) is 18.0 Å². The summed E-state index contributed by atoms with van der Waals surface area (Å²) in [5.41, 5.74) is -0.0506.